The van der Waals surface area contributed by atoms with E-state index in [1.807, 2.05) is 0 Å². The second kappa shape index (κ2) is 2.86. The predicted octanol–water partition coefficient (Wildman–Crippen LogP) is 1.15. The van der Waals surface area contributed by atoms with Gasteiger partial charge in [-0.2, -0.15) is 0 Å². The molecule has 8 heavy (non-hydrogen) atoms. The van der Waals surface area contributed by atoms with E-state index in [0.717, 1.165) is 0 Å². The number of hydrogen-bond acceptors (Lipinski definition) is 1. The SMILES string of the molecule is CC1(C)CCCN1.[Fe]. The molecule has 1 nitrogen and oxygen atoms in total. The Morgan fingerprint density at radius 2 is 2.00 bits per heavy atom. The van der Waals surface area contributed by atoms with Gasteiger partial charge in [-0.1, -0.05) is 0 Å². The van der Waals surface area contributed by atoms with E-state index in [-0.39, 0.29) is 17.1 Å². The van der Waals surface area contributed by atoms with Gasteiger partial charge in [-0.3, -0.25) is 0 Å². The quantitative estimate of drug-likeness (QED) is 0.517. The molecule has 1 aliphatic rings. The molecule has 0 aromatic heterocycles. The minimum atomic E-state index is 0. The third-order valence-corrected chi connectivity index (χ3v) is 1.58. The summed E-state index contributed by atoms with van der Waals surface area (Å²) in [5.41, 5.74) is 0.444. The molecule has 1 fully saturated rings. The number of hydrogen-bond donors (Lipinski definition) is 1. The van der Waals surface area contributed by atoms with E-state index in [1.54, 1.807) is 0 Å². The summed E-state index contributed by atoms with van der Waals surface area (Å²) in [6.45, 7) is 5.72. The standard InChI is InChI=1S/C6H13N.Fe/c1-6(2)4-3-5-7-6;/h7H,3-5H2,1-2H3;. The van der Waals surface area contributed by atoms with E-state index >= 15 is 0 Å². The van der Waals surface area contributed by atoms with E-state index in [1.165, 1.54) is 19.4 Å². The molecule has 0 bridgehead atoms. The molecular formula is C6H13FeN. The van der Waals surface area contributed by atoms with Crippen molar-refractivity contribution in [3.63, 3.8) is 0 Å². The average Bonchev–Trinajstić information content (AvgIpc) is 1.84. The van der Waals surface area contributed by atoms with Gasteiger partial charge >= 0.3 is 0 Å². The number of nitrogens with one attached hydrogen (secondary N) is 1. The van der Waals surface area contributed by atoms with Crippen molar-refractivity contribution in [2.24, 2.45) is 0 Å². The summed E-state index contributed by atoms with van der Waals surface area (Å²) in [6, 6.07) is 0. The molecule has 1 N–H and O–H groups in total. The summed E-state index contributed by atoms with van der Waals surface area (Å²) in [4.78, 5) is 0. The molecule has 0 amide bonds. The Balaban J connectivity index is 0.000000490. The van der Waals surface area contributed by atoms with Crippen molar-refractivity contribution < 1.29 is 17.1 Å². The van der Waals surface area contributed by atoms with E-state index in [2.05, 4.69) is 19.2 Å². The van der Waals surface area contributed by atoms with Gasteiger partial charge in [0.25, 0.3) is 0 Å². The molecule has 0 radical (unpaired) electrons. The van der Waals surface area contributed by atoms with Crippen molar-refractivity contribution in [2.45, 2.75) is 32.2 Å². The van der Waals surface area contributed by atoms with E-state index in [0.29, 0.717) is 5.54 Å². The van der Waals surface area contributed by atoms with Gasteiger partial charge in [0.2, 0.25) is 0 Å². The van der Waals surface area contributed by atoms with Gasteiger partial charge in [0.15, 0.2) is 0 Å². The Bertz CT molecular complexity index is 62.9. The monoisotopic (exact) mass is 155 g/mol. The van der Waals surface area contributed by atoms with Crippen LogP contribution in [0, 0.1) is 0 Å². The van der Waals surface area contributed by atoms with Gasteiger partial charge < -0.3 is 5.32 Å². The van der Waals surface area contributed by atoms with Crippen LogP contribution in [-0.2, 0) is 17.1 Å². The third-order valence-electron chi connectivity index (χ3n) is 1.58. The van der Waals surface area contributed by atoms with E-state index in [9.17, 15) is 0 Å². The molecule has 0 spiro atoms. The Hall–Kier alpha value is 0.479. The van der Waals surface area contributed by atoms with Crippen molar-refractivity contribution >= 4 is 0 Å². The topological polar surface area (TPSA) is 12.0 Å². The average molecular weight is 155 g/mol. The van der Waals surface area contributed by atoms with Crippen LogP contribution in [0.2, 0.25) is 0 Å². The Labute approximate surface area is 61.7 Å². The first kappa shape index (κ1) is 8.48. The van der Waals surface area contributed by atoms with E-state index < -0.39 is 0 Å². The molecular weight excluding hydrogens is 142 g/mol. The zero-order valence-electron chi connectivity index (χ0n) is 5.47. The normalized spacial score (nSPS) is 24.8. The van der Waals surface area contributed by atoms with Crippen LogP contribution in [0.5, 0.6) is 0 Å². The first-order chi connectivity index (χ1) is 3.21. The van der Waals surface area contributed by atoms with Crippen molar-refractivity contribution in [1.82, 2.24) is 5.32 Å². The molecule has 0 unspecified atom stereocenters. The number of rotatable bonds is 0. The van der Waals surface area contributed by atoms with Crippen LogP contribution < -0.4 is 5.32 Å². The minimum Gasteiger partial charge on any atom is -0.312 e. The zero-order chi connectivity index (χ0) is 5.33. The fraction of sp³-hybridized carbons (Fsp3) is 1.00. The van der Waals surface area contributed by atoms with Crippen molar-refractivity contribution in [3.05, 3.63) is 0 Å². The van der Waals surface area contributed by atoms with Crippen LogP contribution in [0.4, 0.5) is 0 Å². The maximum Gasteiger partial charge on any atom is 0.0125 e. The molecule has 1 heterocycles. The maximum absolute atomic E-state index is 3.40. The first-order valence-corrected chi connectivity index (χ1v) is 2.96. The van der Waals surface area contributed by atoms with E-state index in [4.69, 9.17) is 0 Å². The summed E-state index contributed by atoms with van der Waals surface area (Å²) in [6.07, 6.45) is 2.69. The second-order valence-corrected chi connectivity index (χ2v) is 2.91. The molecule has 50 valence electrons. The summed E-state index contributed by atoms with van der Waals surface area (Å²) in [5, 5.41) is 3.40. The molecule has 0 saturated carbocycles. The fourth-order valence-electron chi connectivity index (χ4n) is 1.05. The van der Waals surface area contributed by atoms with Gasteiger partial charge in [0, 0.05) is 22.6 Å². The molecule has 1 saturated heterocycles. The van der Waals surface area contributed by atoms with Crippen molar-refractivity contribution in [2.75, 3.05) is 6.54 Å². The Kier molecular flexibility index (Phi) is 3.03. The van der Waals surface area contributed by atoms with Crippen LogP contribution in [0.15, 0.2) is 0 Å². The van der Waals surface area contributed by atoms with Crippen LogP contribution >= 0.6 is 0 Å². The maximum atomic E-state index is 3.40. The van der Waals surface area contributed by atoms with Crippen LogP contribution in [0.3, 0.4) is 0 Å². The molecule has 1 aliphatic heterocycles. The smallest absolute Gasteiger partial charge is 0.0125 e. The second-order valence-electron chi connectivity index (χ2n) is 2.91. The zero-order valence-corrected chi connectivity index (χ0v) is 6.58. The van der Waals surface area contributed by atoms with Crippen LogP contribution in [-0.4, -0.2) is 12.1 Å². The summed E-state index contributed by atoms with van der Waals surface area (Å²) in [5.74, 6) is 0. The molecule has 0 aromatic carbocycles. The molecule has 2 heteroatoms. The Morgan fingerprint density at radius 1 is 1.38 bits per heavy atom. The Morgan fingerprint density at radius 3 is 2.12 bits per heavy atom. The van der Waals surface area contributed by atoms with Gasteiger partial charge in [-0.25, -0.2) is 0 Å². The predicted molar refractivity (Wildman–Crippen MR) is 31.3 cm³/mol. The largest absolute Gasteiger partial charge is 0.312 e. The first-order valence-electron chi connectivity index (χ1n) is 2.96. The third kappa shape index (κ3) is 2.16. The summed E-state index contributed by atoms with van der Waals surface area (Å²) in [7, 11) is 0. The molecule has 0 aliphatic carbocycles. The fourth-order valence-corrected chi connectivity index (χ4v) is 1.05. The summed E-state index contributed by atoms with van der Waals surface area (Å²) < 4.78 is 0. The van der Waals surface area contributed by atoms with Crippen molar-refractivity contribution in [1.29, 1.82) is 0 Å². The van der Waals surface area contributed by atoms with Crippen LogP contribution in [0.1, 0.15) is 26.7 Å². The molecule has 0 atom stereocenters. The minimum absolute atomic E-state index is 0. The van der Waals surface area contributed by atoms with Gasteiger partial charge in [-0.05, 0) is 33.2 Å². The van der Waals surface area contributed by atoms with Crippen LogP contribution in [0.25, 0.3) is 0 Å². The molecule has 0 aromatic rings. The van der Waals surface area contributed by atoms with Gasteiger partial charge in [0.05, 0.1) is 0 Å². The van der Waals surface area contributed by atoms with Gasteiger partial charge in [-0.15, -0.1) is 0 Å². The van der Waals surface area contributed by atoms with Gasteiger partial charge in [0.1, 0.15) is 0 Å². The summed E-state index contributed by atoms with van der Waals surface area (Å²) >= 11 is 0. The van der Waals surface area contributed by atoms with Crippen molar-refractivity contribution in [3.8, 4) is 0 Å². The molecule has 1 rings (SSSR count).